The van der Waals surface area contributed by atoms with Gasteiger partial charge in [-0.3, -0.25) is 14.3 Å². The van der Waals surface area contributed by atoms with E-state index >= 15 is 0 Å². The standard InChI is InChI=1S/C25H24FN3O4S/c1-2-17-5-3-4-6-23(17)29-16-18(15-24(29)30)25(31)27-20-9-11-21(12-10-20)28-34(32,33)22-13-7-19(26)8-14-22/h3-14,18,28H,2,15-16H2,1H3,(H,27,31). The van der Waals surface area contributed by atoms with Crippen LogP contribution in [0.1, 0.15) is 18.9 Å². The molecule has 0 radical (unpaired) electrons. The summed E-state index contributed by atoms with van der Waals surface area (Å²) in [5, 5.41) is 2.80. The van der Waals surface area contributed by atoms with Crippen LogP contribution in [-0.2, 0) is 26.0 Å². The van der Waals surface area contributed by atoms with Crippen molar-refractivity contribution in [1.29, 1.82) is 0 Å². The zero-order valence-corrected chi connectivity index (χ0v) is 19.3. The highest BCUT2D eigenvalue weighted by molar-refractivity contribution is 7.92. The molecule has 1 heterocycles. The number of benzene rings is 3. The van der Waals surface area contributed by atoms with E-state index in [0.717, 1.165) is 29.8 Å². The molecule has 1 aliphatic heterocycles. The number of amides is 2. The van der Waals surface area contributed by atoms with E-state index in [9.17, 15) is 22.4 Å². The average molecular weight is 482 g/mol. The van der Waals surface area contributed by atoms with E-state index < -0.39 is 21.8 Å². The Kier molecular flexibility index (Phi) is 6.65. The number of rotatable bonds is 7. The number of nitrogens with one attached hydrogen (secondary N) is 2. The lowest BCUT2D eigenvalue weighted by Gasteiger charge is -2.20. The van der Waals surface area contributed by atoms with Crippen LogP contribution in [0.25, 0.3) is 0 Å². The van der Waals surface area contributed by atoms with Gasteiger partial charge in [-0.1, -0.05) is 25.1 Å². The van der Waals surface area contributed by atoms with Crippen LogP contribution in [0.15, 0.2) is 77.7 Å². The number of hydrogen-bond acceptors (Lipinski definition) is 4. The van der Waals surface area contributed by atoms with Gasteiger partial charge in [-0.2, -0.15) is 0 Å². The van der Waals surface area contributed by atoms with Gasteiger partial charge in [0, 0.05) is 30.0 Å². The molecule has 9 heteroatoms. The molecule has 2 amide bonds. The molecule has 34 heavy (non-hydrogen) atoms. The summed E-state index contributed by atoms with van der Waals surface area (Å²) in [6.45, 7) is 2.32. The van der Waals surface area contributed by atoms with Crippen molar-refractivity contribution < 1.29 is 22.4 Å². The Bertz CT molecular complexity index is 1310. The summed E-state index contributed by atoms with van der Waals surface area (Å²) in [4.78, 5) is 27.0. The van der Waals surface area contributed by atoms with Gasteiger partial charge in [0.15, 0.2) is 0 Å². The molecule has 7 nitrogen and oxygen atoms in total. The molecule has 0 spiro atoms. The van der Waals surface area contributed by atoms with E-state index in [-0.39, 0.29) is 23.1 Å². The smallest absolute Gasteiger partial charge is 0.261 e. The van der Waals surface area contributed by atoms with Crippen molar-refractivity contribution in [2.75, 3.05) is 21.5 Å². The Morgan fingerprint density at radius 3 is 2.32 bits per heavy atom. The van der Waals surface area contributed by atoms with Crippen molar-refractivity contribution >= 4 is 38.9 Å². The van der Waals surface area contributed by atoms with Gasteiger partial charge in [-0.05, 0) is 66.6 Å². The maximum atomic E-state index is 13.1. The highest BCUT2D eigenvalue weighted by Gasteiger charge is 2.35. The van der Waals surface area contributed by atoms with Crippen LogP contribution in [0.3, 0.4) is 0 Å². The maximum absolute atomic E-state index is 13.1. The fourth-order valence-corrected chi connectivity index (χ4v) is 4.94. The van der Waals surface area contributed by atoms with Gasteiger partial charge in [-0.15, -0.1) is 0 Å². The molecular formula is C25H24FN3O4S. The molecule has 1 saturated heterocycles. The van der Waals surface area contributed by atoms with Crippen LogP contribution >= 0.6 is 0 Å². The second kappa shape index (κ2) is 9.64. The van der Waals surface area contributed by atoms with Crippen molar-refractivity contribution in [3.05, 3.63) is 84.2 Å². The average Bonchev–Trinajstić information content (AvgIpc) is 3.22. The maximum Gasteiger partial charge on any atom is 0.261 e. The minimum atomic E-state index is -3.87. The third kappa shape index (κ3) is 5.09. The third-order valence-corrected chi connectivity index (χ3v) is 7.08. The Hall–Kier alpha value is -3.72. The summed E-state index contributed by atoms with van der Waals surface area (Å²) < 4.78 is 40.3. The molecule has 3 aromatic rings. The zero-order valence-electron chi connectivity index (χ0n) is 18.5. The van der Waals surface area contributed by atoms with E-state index in [1.807, 2.05) is 31.2 Å². The number of hydrogen-bond donors (Lipinski definition) is 2. The van der Waals surface area contributed by atoms with Gasteiger partial charge in [0.05, 0.1) is 10.8 Å². The van der Waals surface area contributed by atoms with Crippen LogP contribution in [0.4, 0.5) is 21.5 Å². The van der Waals surface area contributed by atoms with Gasteiger partial charge in [0.1, 0.15) is 5.82 Å². The lowest BCUT2D eigenvalue weighted by atomic mass is 10.1. The molecule has 3 aromatic carbocycles. The first-order chi connectivity index (χ1) is 16.3. The lowest BCUT2D eigenvalue weighted by Crippen LogP contribution is -2.28. The predicted octanol–water partition coefficient (Wildman–Crippen LogP) is 4.18. The number of carbonyl (C=O) groups is 2. The van der Waals surface area contributed by atoms with Crippen molar-refractivity contribution in [2.24, 2.45) is 5.92 Å². The van der Waals surface area contributed by atoms with E-state index in [1.54, 1.807) is 17.0 Å². The normalized spacial score (nSPS) is 15.9. The molecule has 1 atom stereocenters. The topological polar surface area (TPSA) is 95.6 Å². The highest BCUT2D eigenvalue weighted by atomic mass is 32.2. The van der Waals surface area contributed by atoms with E-state index in [0.29, 0.717) is 17.9 Å². The second-order valence-electron chi connectivity index (χ2n) is 8.01. The molecule has 0 aliphatic carbocycles. The lowest BCUT2D eigenvalue weighted by molar-refractivity contribution is -0.122. The molecular weight excluding hydrogens is 457 g/mol. The quantitative estimate of drug-likeness (QED) is 0.529. The minimum absolute atomic E-state index is 0.0635. The first-order valence-electron chi connectivity index (χ1n) is 10.8. The molecule has 4 rings (SSSR count). The summed E-state index contributed by atoms with van der Waals surface area (Å²) in [6, 6.07) is 18.3. The molecule has 2 N–H and O–H groups in total. The van der Waals surface area contributed by atoms with Crippen LogP contribution in [0.2, 0.25) is 0 Å². The SMILES string of the molecule is CCc1ccccc1N1CC(C(=O)Nc2ccc(NS(=O)(=O)c3ccc(F)cc3)cc2)CC1=O. The largest absolute Gasteiger partial charge is 0.326 e. The van der Waals surface area contributed by atoms with Crippen molar-refractivity contribution in [1.82, 2.24) is 0 Å². The Balaban J connectivity index is 1.39. The van der Waals surface area contributed by atoms with E-state index in [1.165, 1.54) is 24.3 Å². The first kappa shape index (κ1) is 23.4. The molecule has 176 valence electrons. The second-order valence-corrected chi connectivity index (χ2v) is 9.70. The number of aryl methyl sites for hydroxylation is 1. The molecule has 0 aromatic heterocycles. The number of nitrogens with zero attached hydrogens (tertiary/aromatic N) is 1. The monoisotopic (exact) mass is 481 g/mol. The van der Waals surface area contributed by atoms with Crippen LogP contribution in [0, 0.1) is 11.7 Å². The minimum Gasteiger partial charge on any atom is -0.326 e. The number of anilines is 3. The molecule has 0 bridgehead atoms. The van der Waals surface area contributed by atoms with Gasteiger partial charge in [0.25, 0.3) is 10.0 Å². The summed E-state index contributed by atoms with van der Waals surface area (Å²) in [7, 11) is -3.87. The zero-order chi connectivity index (χ0) is 24.3. The summed E-state index contributed by atoms with van der Waals surface area (Å²) >= 11 is 0. The van der Waals surface area contributed by atoms with Crippen LogP contribution < -0.4 is 14.9 Å². The van der Waals surface area contributed by atoms with E-state index in [2.05, 4.69) is 10.0 Å². The van der Waals surface area contributed by atoms with Gasteiger partial charge < -0.3 is 10.2 Å². The summed E-state index contributed by atoms with van der Waals surface area (Å²) in [5.74, 6) is -1.38. The van der Waals surface area contributed by atoms with E-state index in [4.69, 9.17) is 0 Å². The fourth-order valence-electron chi connectivity index (χ4n) is 3.88. The Morgan fingerprint density at radius 1 is 1.00 bits per heavy atom. The number of sulfonamides is 1. The molecule has 1 fully saturated rings. The van der Waals surface area contributed by atoms with Gasteiger partial charge in [-0.25, -0.2) is 12.8 Å². The Morgan fingerprint density at radius 2 is 1.65 bits per heavy atom. The number of para-hydroxylation sites is 1. The summed E-state index contributed by atoms with van der Waals surface area (Å²) in [6.07, 6.45) is 0.910. The molecule has 1 aliphatic rings. The predicted molar refractivity (Wildman–Crippen MR) is 129 cm³/mol. The first-order valence-corrected chi connectivity index (χ1v) is 12.3. The molecule has 1 unspecified atom stereocenters. The van der Waals surface area contributed by atoms with Crippen LogP contribution in [-0.4, -0.2) is 26.8 Å². The van der Waals surface area contributed by atoms with Crippen molar-refractivity contribution in [2.45, 2.75) is 24.7 Å². The Labute approximate surface area is 197 Å². The third-order valence-electron chi connectivity index (χ3n) is 5.69. The fraction of sp³-hybridized carbons (Fsp3) is 0.200. The number of halogens is 1. The molecule has 0 saturated carbocycles. The number of carbonyl (C=O) groups excluding carboxylic acids is 2. The van der Waals surface area contributed by atoms with Gasteiger partial charge in [0.2, 0.25) is 11.8 Å². The highest BCUT2D eigenvalue weighted by Crippen LogP contribution is 2.29. The van der Waals surface area contributed by atoms with Crippen molar-refractivity contribution in [3.8, 4) is 0 Å². The summed E-state index contributed by atoms with van der Waals surface area (Å²) in [5.41, 5.74) is 2.66. The van der Waals surface area contributed by atoms with Gasteiger partial charge >= 0.3 is 0 Å². The van der Waals surface area contributed by atoms with Crippen molar-refractivity contribution in [3.63, 3.8) is 0 Å². The van der Waals surface area contributed by atoms with Crippen LogP contribution in [0.5, 0.6) is 0 Å².